The normalized spacial score (nSPS) is 11.5. The number of aryl methyl sites for hydroxylation is 3. The molecule has 0 aliphatic heterocycles. The fourth-order valence-corrected chi connectivity index (χ4v) is 4.21. The minimum atomic E-state index is -4.95. The average molecular weight is 562 g/mol. The molecule has 206 valence electrons. The van der Waals surface area contributed by atoms with Crippen LogP contribution in [0.3, 0.4) is 0 Å². The molecule has 3 rings (SSSR count). The number of benzene rings is 2. The van der Waals surface area contributed by atoms with Gasteiger partial charge in [0.15, 0.2) is 0 Å². The number of rotatable bonds is 5. The van der Waals surface area contributed by atoms with E-state index in [1.54, 1.807) is 26.1 Å². The Hall–Kier alpha value is -2.99. The summed E-state index contributed by atoms with van der Waals surface area (Å²) in [5.41, 5.74) is 3.61. The zero-order valence-electron chi connectivity index (χ0n) is 22.2. The van der Waals surface area contributed by atoms with Crippen molar-refractivity contribution in [1.82, 2.24) is 3.97 Å². The van der Waals surface area contributed by atoms with E-state index in [1.807, 2.05) is 39.0 Å². The van der Waals surface area contributed by atoms with E-state index < -0.39 is 20.9 Å². The van der Waals surface area contributed by atoms with Crippen LogP contribution in [0.25, 0.3) is 0 Å². The quantitative estimate of drug-likeness (QED) is 0.338. The number of nitrogens with zero attached hydrogens (tertiary/aromatic N) is 2. The van der Waals surface area contributed by atoms with Crippen molar-refractivity contribution >= 4 is 20.9 Å². The van der Waals surface area contributed by atoms with E-state index in [4.69, 9.17) is 0 Å². The largest absolute Gasteiger partial charge is 0.508 e. The molecule has 0 unspecified atom stereocenters. The summed E-state index contributed by atoms with van der Waals surface area (Å²) in [6, 6.07) is 10.9. The fourth-order valence-electron chi connectivity index (χ4n) is 3.20. The van der Waals surface area contributed by atoms with Gasteiger partial charge < -0.3 is 9.29 Å². The number of hydrogen-bond acceptors (Lipinski definition) is 6. The highest BCUT2D eigenvalue weighted by Crippen LogP contribution is 2.29. The molecule has 0 spiro atoms. The summed E-state index contributed by atoms with van der Waals surface area (Å²) in [7, 11) is -7.93. The second-order valence-electron chi connectivity index (χ2n) is 9.08. The summed E-state index contributed by atoms with van der Waals surface area (Å²) in [6.07, 6.45) is 2.62. The molecule has 8 nitrogen and oxygen atoms in total. The van der Waals surface area contributed by atoms with Gasteiger partial charge in [0.25, 0.3) is 5.82 Å². The van der Waals surface area contributed by atoms with Crippen LogP contribution in [0.15, 0.2) is 48.8 Å². The standard InChI is InChI=1S/C10H13FO3S.C10H14O.C5H8FN2O2S/c1-7(2)9-5-4-8(3)6-10(9)14-15(11,12)13;1-7(2)9-5-4-8(3)6-10(9)11;1-5-7(2)3-4-8(5)11(6,9)10/h4-7H,1-3H3;4-7,11H,1-3H3;3-4H,1-2H3/q;;+1. The Morgan fingerprint density at radius 3 is 1.70 bits per heavy atom. The Bertz CT molecular complexity index is 1420. The van der Waals surface area contributed by atoms with Gasteiger partial charge in [0, 0.05) is 6.92 Å². The summed E-state index contributed by atoms with van der Waals surface area (Å²) in [4.78, 5) is 0. The third-order valence-electron chi connectivity index (χ3n) is 5.28. The van der Waals surface area contributed by atoms with Gasteiger partial charge in [0.1, 0.15) is 23.9 Å². The van der Waals surface area contributed by atoms with Crippen LogP contribution in [-0.4, -0.2) is 25.9 Å². The maximum absolute atomic E-state index is 12.4. The zero-order chi connectivity index (χ0) is 28.7. The molecule has 2 aromatic carbocycles. The SMILES string of the molecule is Cc1ccc(C(C)C)c(O)c1.Cc1ccc(C(C)C)c(OS(=O)(=O)F)c1.Cc1n(S(=O)(=O)F)cc[n+]1C. The molecular formula is C25H35F2N2O6S2+. The second kappa shape index (κ2) is 13.0. The Morgan fingerprint density at radius 2 is 1.35 bits per heavy atom. The number of halogens is 2. The van der Waals surface area contributed by atoms with Crippen molar-refractivity contribution in [3.05, 3.63) is 76.9 Å². The van der Waals surface area contributed by atoms with Crippen LogP contribution in [0.4, 0.5) is 7.77 Å². The molecule has 1 aromatic heterocycles. The first-order valence-electron chi connectivity index (χ1n) is 11.4. The topological polar surface area (TPSA) is 107 Å². The maximum atomic E-state index is 12.4. The van der Waals surface area contributed by atoms with Crippen LogP contribution in [0.2, 0.25) is 0 Å². The van der Waals surface area contributed by atoms with E-state index in [1.165, 1.54) is 23.8 Å². The minimum Gasteiger partial charge on any atom is -0.508 e. The Balaban J connectivity index is 0.000000283. The fraction of sp³-hybridized carbons (Fsp3) is 0.400. The highest BCUT2D eigenvalue weighted by atomic mass is 32.3. The van der Waals surface area contributed by atoms with E-state index in [0.29, 0.717) is 27.0 Å². The lowest BCUT2D eigenvalue weighted by atomic mass is 10.0. The van der Waals surface area contributed by atoms with Crippen molar-refractivity contribution < 1.29 is 38.5 Å². The summed E-state index contributed by atoms with van der Waals surface area (Å²) >= 11 is 0. The first-order chi connectivity index (χ1) is 16.8. The molecule has 0 atom stereocenters. The average Bonchev–Trinajstić information content (AvgIpc) is 3.06. The number of imidazole rings is 1. The number of phenolic OH excluding ortho intramolecular Hbond substituents is 1. The highest BCUT2D eigenvalue weighted by molar-refractivity contribution is 7.84. The molecule has 37 heavy (non-hydrogen) atoms. The molecule has 0 saturated carbocycles. The number of hydrogen-bond donors (Lipinski definition) is 1. The van der Waals surface area contributed by atoms with E-state index in [9.17, 15) is 29.7 Å². The van der Waals surface area contributed by atoms with E-state index in [2.05, 4.69) is 18.0 Å². The highest BCUT2D eigenvalue weighted by Gasteiger charge is 2.22. The molecule has 12 heteroatoms. The van der Waals surface area contributed by atoms with E-state index in [0.717, 1.165) is 22.9 Å². The Kier molecular flexibility index (Phi) is 11.3. The van der Waals surface area contributed by atoms with Gasteiger partial charge in [-0.05, 0) is 60.1 Å². The Morgan fingerprint density at radius 1 is 0.865 bits per heavy atom. The predicted molar refractivity (Wildman–Crippen MR) is 139 cm³/mol. The third-order valence-corrected chi connectivity index (χ3v) is 6.51. The molecule has 3 aromatic rings. The van der Waals surface area contributed by atoms with Gasteiger partial charge >= 0.3 is 20.9 Å². The molecular weight excluding hydrogens is 526 g/mol. The van der Waals surface area contributed by atoms with Gasteiger partial charge in [0.2, 0.25) is 0 Å². The van der Waals surface area contributed by atoms with E-state index in [-0.39, 0.29) is 11.7 Å². The number of phenols is 1. The lowest BCUT2D eigenvalue weighted by Crippen LogP contribution is -2.30. The van der Waals surface area contributed by atoms with Gasteiger partial charge in [0.05, 0.1) is 7.05 Å². The van der Waals surface area contributed by atoms with Crippen molar-refractivity contribution in [1.29, 1.82) is 0 Å². The van der Waals surface area contributed by atoms with Crippen LogP contribution < -0.4 is 8.75 Å². The lowest BCUT2D eigenvalue weighted by molar-refractivity contribution is -0.676. The van der Waals surface area contributed by atoms with Crippen molar-refractivity contribution in [3.8, 4) is 11.5 Å². The first-order valence-corrected chi connectivity index (χ1v) is 14.0. The maximum Gasteiger partial charge on any atom is 0.488 e. The van der Waals surface area contributed by atoms with E-state index >= 15 is 0 Å². The lowest BCUT2D eigenvalue weighted by Gasteiger charge is -2.11. The first kappa shape index (κ1) is 32.0. The minimum absolute atomic E-state index is 0.0625. The molecule has 0 aliphatic carbocycles. The number of aromatic hydroxyl groups is 1. The van der Waals surface area contributed by atoms with Crippen LogP contribution in [0.5, 0.6) is 11.5 Å². The smallest absolute Gasteiger partial charge is 0.488 e. The van der Waals surface area contributed by atoms with Crippen molar-refractivity contribution in [2.75, 3.05) is 0 Å². The summed E-state index contributed by atoms with van der Waals surface area (Å²) < 4.78 is 72.6. The molecule has 0 radical (unpaired) electrons. The van der Waals surface area contributed by atoms with Crippen molar-refractivity contribution in [2.45, 2.75) is 60.3 Å². The Labute approximate surface area is 218 Å². The monoisotopic (exact) mass is 561 g/mol. The van der Waals surface area contributed by atoms with Gasteiger partial charge in [-0.2, -0.15) is 16.8 Å². The predicted octanol–water partition coefficient (Wildman–Crippen LogP) is 5.22. The summed E-state index contributed by atoms with van der Waals surface area (Å²) in [5, 5.41) is 9.46. The third kappa shape index (κ3) is 10.5. The molecule has 0 aliphatic rings. The molecule has 0 amide bonds. The molecule has 0 bridgehead atoms. The van der Waals surface area contributed by atoms with Crippen LogP contribution in [0.1, 0.15) is 67.6 Å². The zero-order valence-corrected chi connectivity index (χ0v) is 23.9. The molecule has 1 heterocycles. The van der Waals surface area contributed by atoms with Gasteiger partial charge in [-0.1, -0.05) is 63.7 Å². The molecule has 0 saturated heterocycles. The van der Waals surface area contributed by atoms with Crippen LogP contribution in [-0.2, 0) is 28.0 Å². The molecule has 1 N–H and O–H groups in total. The summed E-state index contributed by atoms with van der Waals surface area (Å²) in [5.74, 6) is 1.28. The van der Waals surface area contributed by atoms with Crippen LogP contribution in [0, 0.1) is 20.8 Å². The van der Waals surface area contributed by atoms with Crippen molar-refractivity contribution in [2.24, 2.45) is 7.05 Å². The summed E-state index contributed by atoms with van der Waals surface area (Å²) in [6.45, 7) is 13.2. The second-order valence-corrected chi connectivity index (χ2v) is 11.3. The van der Waals surface area contributed by atoms with Gasteiger partial charge in [-0.25, -0.2) is 4.57 Å². The van der Waals surface area contributed by atoms with Crippen molar-refractivity contribution in [3.63, 3.8) is 0 Å². The molecule has 0 fully saturated rings. The number of aromatic nitrogens is 2. The van der Waals surface area contributed by atoms with Gasteiger partial charge in [-0.3, -0.25) is 0 Å². The van der Waals surface area contributed by atoms with Gasteiger partial charge in [-0.15, -0.1) is 0 Å². The van der Waals surface area contributed by atoms with Crippen LogP contribution >= 0.6 is 0 Å².